The van der Waals surface area contributed by atoms with Crippen molar-refractivity contribution in [3.63, 3.8) is 0 Å². The number of allylic oxidation sites excluding steroid dienone is 5. The summed E-state index contributed by atoms with van der Waals surface area (Å²) in [6.07, 6.45) is 34.1. The molecule has 3 unspecified atom stereocenters. The van der Waals surface area contributed by atoms with Crippen LogP contribution in [0.4, 0.5) is 0 Å². The first-order valence-electron chi connectivity index (χ1n) is 14.2. The quantitative estimate of drug-likeness (QED) is 0.306. The first-order valence-corrected chi connectivity index (χ1v) is 14.2. The maximum Gasteiger partial charge on any atom is -0.0140 e. The lowest BCUT2D eigenvalue weighted by atomic mass is 9.68. The smallest absolute Gasteiger partial charge is 0.0140 e. The fraction of sp³-hybridized carbons (Fsp3) is 0.806. The second kappa shape index (κ2) is 13.7. The van der Waals surface area contributed by atoms with Gasteiger partial charge >= 0.3 is 0 Å². The standard InChI is InChI=1S/C31H52/c1-4-6-14-28(29-15-8-7-9-16-29)18-12-19-30-17-10-11-20-31(30)25(3)27-23-21-26(13-5-2)22-24-27/h6,12,14,19,26-31H,3-5,7-11,13,15-18,20-24H2,1-2H3/b14-6+,19-12+. The molecule has 3 aliphatic rings. The zero-order chi connectivity index (χ0) is 21.9. The van der Waals surface area contributed by atoms with Crippen molar-refractivity contribution >= 4 is 0 Å². The van der Waals surface area contributed by atoms with Crippen molar-refractivity contribution in [2.75, 3.05) is 0 Å². The van der Waals surface area contributed by atoms with Gasteiger partial charge in [-0.15, -0.1) is 0 Å². The van der Waals surface area contributed by atoms with Crippen LogP contribution in [0.15, 0.2) is 36.5 Å². The summed E-state index contributed by atoms with van der Waals surface area (Å²) < 4.78 is 0. The first kappa shape index (κ1) is 24.9. The average molecular weight is 425 g/mol. The molecule has 0 aromatic carbocycles. The topological polar surface area (TPSA) is 0 Å². The van der Waals surface area contributed by atoms with E-state index in [9.17, 15) is 0 Å². The molecular formula is C31H52. The molecule has 0 heteroatoms. The molecule has 0 aromatic heterocycles. The second-order valence-electron chi connectivity index (χ2n) is 11.2. The van der Waals surface area contributed by atoms with Crippen LogP contribution >= 0.6 is 0 Å². The summed E-state index contributed by atoms with van der Waals surface area (Å²) >= 11 is 0. The zero-order valence-corrected chi connectivity index (χ0v) is 21.0. The van der Waals surface area contributed by atoms with Crippen LogP contribution in [-0.4, -0.2) is 0 Å². The van der Waals surface area contributed by atoms with Gasteiger partial charge in [-0.3, -0.25) is 0 Å². The van der Waals surface area contributed by atoms with Gasteiger partial charge in [-0.25, -0.2) is 0 Å². The van der Waals surface area contributed by atoms with Gasteiger partial charge in [0.05, 0.1) is 0 Å². The van der Waals surface area contributed by atoms with Crippen LogP contribution in [0.5, 0.6) is 0 Å². The van der Waals surface area contributed by atoms with Gasteiger partial charge in [-0.2, -0.15) is 0 Å². The fourth-order valence-electron chi connectivity index (χ4n) is 7.10. The van der Waals surface area contributed by atoms with Crippen LogP contribution in [-0.2, 0) is 0 Å². The lowest BCUT2D eigenvalue weighted by molar-refractivity contribution is 0.244. The van der Waals surface area contributed by atoms with Crippen molar-refractivity contribution in [2.45, 2.75) is 123 Å². The van der Waals surface area contributed by atoms with Gasteiger partial charge in [0.25, 0.3) is 0 Å². The van der Waals surface area contributed by atoms with E-state index >= 15 is 0 Å². The minimum atomic E-state index is 0.761. The Morgan fingerprint density at radius 2 is 1.55 bits per heavy atom. The molecule has 0 bridgehead atoms. The Kier molecular flexibility index (Phi) is 11.0. The minimum absolute atomic E-state index is 0.761. The molecule has 0 N–H and O–H groups in total. The summed E-state index contributed by atoms with van der Waals surface area (Å²) in [7, 11) is 0. The van der Waals surface area contributed by atoms with Gasteiger partial charge in [0, 0.05) is 0 Å². The molecule has 3 saturated carbocycles. The van der Waals surface area contributed by atoms with E-state index in [1.54, 1.807) is 5.57 Å². The molecule has 3 rings (SSSR count). The summed E-state index contributed by atoms with van der Waals surface area (Å²) in [4.78, 5) is 0. The highest BCUT2D eigenvalue weighted by atomic mass is 14.4. The SMILES string of the molecule is C=C(C1CCC(CCC)CC1)C1CCCCC1/C=C/CC(/C=C/CC)C1CCCCC1. The van der Waals surface area contributed by atoms with Gasteiger partial charge in [-0.05, 0) is 99.7 Å². The third-order valence-electron chi connectivity index (χ3n) is 9.03. The molecule has 0 aliphatic heterocycles. The van der Waals surface area contributed by atoms with E-state index in [0.717, 1.165) is 35.5 Å². The lowest BCUT2D eigenvalue weighted by Crippen LogP contribution is -2.26. The third-order valence-corrected chi connectivity index (χ3v) is 9.03. The molecule has 0 spiro atoms. The largest absolute Gasteiger partial charge is 0.0993 e. The maximum atomic E-state index is 4.74. The summed E-state index contributed by atoms with van der Waals surface area (Å²) in [6, 6.07) is 0. The Hall–Kier alpha value is -0.780. The predicted molar refractivity (Wildman–Crippen MR) is 138 cm³/mol. The highest BCUT2D eigenvalue weighted by Gasteiger charge is 2.31. The van der Waals surface area contributed by atoms with E-state index in [2.05, 4.69) is 38.2 Å². The molecule has 3 aliphatic carbocycles. The van der Waals surface area contributed by atoms with Gasteiger partial charge in [0.15, 0.2) is 0 Å². The fourth-order valence-corrected chi connectivity index (χ4v) is 7.10. The van der Waals surface area contributed by atoms with Crippen LogP contribution < -0.4 is 0 Å². The van der Waals surface area contributed by atoms with Crippen LogP contribution in [0, 0.1) is 35.5 Å². The molecular weight excluding hydrogens is 372 g/mol. The van der Waals surface area contributed by atoms with Crippen molar-refractivity contribution < 1.29 is 0 Å². The van der Waals surface area contributed by atoms with Crippen LogP contribution in [0.3, 0.4) is 0 Å². The molecule has 0 amide bonds. The summed E-state index contributed by atoms with van der Waals surface area (Å²) in [5.41, 5.74) is 1.64. The number of hydrogen-bond donors (Lipinski definition) is 0. The van der Waals surface area contributed by atoms with Gasteiger partial charge in [-0.1, -0.05) is 95.2 Å². The van der Waals surface area contributed by atoms with E-state index in [1.807, 2.05) is 0 Å². The molecule has 3 atom stereocenters. The van der Waals surface area contributed by atoms with E-state index in [4.69, 9.17) is 6.58 Å². The molecule has 176 valence electrons. The zero-order valence-electron chi connectivity index (χ0n) is 21.0. The van der Waals surface area contributed by atoms with Crippen LogP contribution in [0.25, 0.3) is 0 Å². The number of rotatable bonds is 10. The van der Waals surface area contributed by atoms with Crippen molar-refractivity contribution in [3.8, 4) is 0 Å². The summed E-state index contributed by atoms with van der Waals surface area (Å²) in [5, 5.41) is 0. The molecule has 0 heterocycles. The van der Waals surface area contributed by atoms with Crippen molar-refractivity contribution in [1.29, 1.82) is 0 Å². The Bertz CT molecular complexity index is 553. The highest BCUT2D eigenvalue weighted by molar-refractivity contribution is 5.13. The maximum absolute atomic E-state index is 4.74. The molecule has 0 nitrogen and oxygen atoms in total. The molecule has 0 radical (unpaired) electrons. The summed E-state index contributed by atoms with van der Waals surface area (Å²) in [5.74, 6) is 5.04. The molecule has 31 heavy (non-hydrogen) atoms. The third kappa shape index (κ3) is 7.64. The Labute approximate surface area is 195 Å². The lowest BCUT2D eigenvalue weighted by Gasteiger charge is -2.37. The highest BCUT2D eigenvalue weighted by Crippen LogP contribution is 2.44. The van der Waals surface area contributed by atoms with Crippen LogP contribution in [0.1, 0.15) is 123 Å². The van der Waals surface area contributed by atoms with Crippen molar-refractivity contribution in [1.82, 2.24) is 0 Å². The van der Waals surface area contributed by atoms with E-state index in [-0.39, 0.29) is 0 Å². The Balaban J connectivity index is 1.56. The monoisotopic (exact) mass is 424 g/mol. The Morgan fingerprint density at radius 3 is 2.26 bits per heavy atom. The van der Waals surface area contributed by atoms with Gasteiger partial charge in [0.1, 0.15) is 0 Å². The number of hydrogen-bond acceptors (Lipinski definition) is 0. The molecule has 3 fully saturated rings. The van der Waals surface area contributed by atoms with Crippen molar-refractivity contribution in [3.05, 3.63) is 36.5 Å². The van der Waals surface area contributed by atoms with Crippen LogP contribution in [0.2, 0.25) is 0 Å². The molecule has 0 saturated heterocycles. The Morgan fingerprint density at radius 1 is 0.839 bits per heavy atom. The van der Waals surface area contributed by atoms with Crippen molar-refractivity contribution in [2.24, 2.45) is 35.5 Å². The normalized spacial score (nSPS) is 31.9. The molecule has 0 aromatic rings. The first-order chi connectivity index (χ1) is 15.2. The van der Waals surface area contributed by atoms with E-state index < -0.39 is 0 Å². The van der Waals surface area contributed by atoms with Gasteiger partial charge in [0.2, 0.25) is 0 Å². The predicted octanol–water partition coefficient (Wildman–Crippen LogP) is 10.1. The summed E-state index contributed by atoms with van der Waals surface area (Å²) in [6.45, 7) is 9.36. The van der Waals surface area contributed by atoms with E-state index in [1.165, 1.54) is 109 Å². The minimum Gasteiger partial charge on any atom is -0.0993 e. The second-order valence-corrected chi connectivity index (χ2v) is 11.2. The van der Waals surface area contributed by atoms with E-state index in [0.29, 0.717) is 0 Å². The van der Waals surface area contributed by atoms with Gasteiger partial charge < -0.3 is 0 Å². The average Bonchev–Trinajstić information content (AvgIpc) is 2.82.